The van der Waals surface area contributed by atoms with E-state index in [4.69, 9.17) is 21.8 Å². The summed E-state index contributed by atoms with van der Waals surface area (Å²) >= 11 is 5.57. The van der Waals surface area contributed by atoms with Gasteiger partial charge in [0.1, 0.15) is 5.82 Å². The van der Waals surface area contributed by atoms with Gasteiger partial charge in [-0.2, -0.15) is 0 Å². The first kappa shape index (κ1) is 12.2. The lowest BCUT2D eigenvalue weighted by Crippen LogP contribution is -2.06. The van der Waals surface area contributed by atoms with Crippen LogP contribution >= 0.6 is 11.6 Å². The van der Waals surface area contributed by atoms with Gasteiger partial charge >= 0.3 is 5.97 Å². The van der Waals surface area contributed by atoms with E-state index in [0.717, 1.165) is 6.07 Å². The molecule has 0 aliphatic heterocycles. The number of carboxylic acids is 1. The average molecular weight is 245 g/mol. The summed E-state index contributed by atoms with van der Waals surface area (Å²) < 4.78 is 13.2. The minimum absolute atomic E-state index is 0.153. The smallest absolute Gasteiger partial charge is 0.371 e. The molecule has 0 aliphatic rings. The van der Waals surface area contributed by atoms with E-state index in [2.05, 4.69) is 0 Å². The van der Waals surface area contributed by atoms with Crippen LogP contribution in [0, 0.1) is 5.82 Å². The van der Waals surface area contributed by atoms with Crippen molar-refractivity contribution in [2.24, 2.45) is 0 Å². The first-order valence-corrected chi connectivity index (χ1v) is 4.43. The molecule has 2 N–H and O–H groups in total. The molecule has 0 saturated carbocycles. The van der Waals surface area contributed by atoms with Crippen LogP contribution in [-0.2, 0) is 4.79 Å². The van der Waals surface area contributed by atoms with Crippen molar-refractivity contribution in [2.45, 2.75) is 0 Å². The van der Waals surface area contributed by atoms with Crippen LogP contribution in [0.1, 0.15) is 10.4 Å². The summed E-state index contributed by atoms with van der Waals surface area (Å²) in [6.07, 6.45) is 0.395. The lowest BCUT2D eigenvalue weighted by atomic mass is 10.1. The SMILES string of the molecule is O=C(O)/C(O)=C/C(=O)c1c(F)cccc1Cl. The van der Waals surface area contributed by atoms with Crippen molar-refractivity contribution in [3.63, 3.8) is 0 Å². The summed E-state index contributed by atoms with van der Waals surface area (Å²) in [5, 5.41) is 17.0. The number of allylic oxidation sites excluding steroid dienone is 1. The topological polar surface area (TPSA) is 74.6 Å². The summed E-state index contributed by atoms with van der Waals surface area (Å²) in [5.41, 5.74) is -0.475. The Kier molecular flexibility index (Phi) is 3.63. The molecule has 84 valence electrons. The molecule has 0 amide bonds. The Morgan fingerprint density at radius 2 is 1.94 bits per heavy atom. The van der Waals surface area contributed by atoms with E-state index >= 15 is 0 Å². The summed E-state index contributed by atoms with van der Waals surface area (Å²) in [4.78, 5) is 21.6. The summed E-state index contributed by atoms with van der Waals surface area (Å²) in [7, 11) is 0. The molecule has 0 heterocycles. The van der Waals surface area contributed by atoms with E-state index in [1.54, 1.807) is 0 Å². The number of hydrogen-bond donors (Lipinski definition) is 2. The highest BCUT2D eigenvalue weighted by Crippen LogP contribution is 2.20. The third kappa shape index (κ3) is 2.58. The van der Waals surface area contributed by atoms with Gasteiger partial charge in [-0.3, -0.25) is 4.79 Å². The van der Waals surface area contributed by atoms with Gasteiger partial charge in [0, 0.05) is 6.08 Å². The van der Waals surface area contributed by atoms with Gasteiger partial charge in [0.15, 0.2) is 5.78 Å². The zero-order chi connectivity index (χ0) is 12.3. The number of halogens is 2. The lowest BCUT2D eigenvalue weighted by Gasteiger charge is -2.01. The Hall–Kier alpha value is -1.88. The number of carbonyl (C=O) groups is 2. The number of ketones is 1. The molecular weight excluding hydrogens is 239 g/mol. The largest absolute Gasteiger partial charge is 0.502 e. The van der Waals surface area contributed by atoms with Gasteiger partial charge in [0.2, 0.25) is 5.76 Å². The van der Waals surface area contributed by atoms with Crippen LogP contribution in [0.15, 0.2) is 30.0 Å². The van der Waals surface area contributed by atoms with E-state index in [1.165, 1.54) is 12.1 Å². The van der Waals surface area contributed by atoms with Crippen LogP contribution in [0.2, 0.25) is 5.02 Å². The Balaban J connectivity index is 3.16. The van der Waals surface area contributed by atoms with Crippen molar-refractivity contribution < 1.29 is 24.2 Å². The molecule has 0 aromatic heterocycles. The first-order chi connectivity index (χ1) is 7.43. The van der Waals surface area contributed by atoms with Gasteiger partial charge in [0.25, 0.3) is 0 Å². The zero-order valence-corrected chi connectivity index (χ0v) is 8.53. The minimum Gasteiger partial charge on any atom is -0.502 e. The molecule has 1 aromatic carbocycles. The molecule has 0 aliphatic carbocycles. The fourth-order valence-electron chi connectivity index (χ4n) is 0.991. The van der Waals surface area contributed by atoms with Gasteiger partial charge in [-0.15, -0.1) is 0 Å². The average Bonchev–Trinajstić information content (AvgIpc) is 2.16. The quantitative estimate of drug-likeness (QED) is 0.486. The van der Waals surface area contributed by atoms with Crippen LogP contribution in [-0.4, -0.2) is 22.0 Å². The monoisotopic (exact) mass is 244 g/mol. The van der Waals surface area contributed by atoms with Gasteiger partial charge < -0.3 is 10.2 Å². The highest BCUT2D eigenvalue weighted by molar-refractivity contribution is 6.34. The molecule has 0 atom stereocenters. The predicted octanol–water partition coefficient (Wildman–Crippen LogP) is 2.19. The third-order valence-electron chi connectivity index (χ3n) is 1.70. The molecular formula is C10H6ClFO4. The molecule has 0 bridgehead atoms. The number of aliphatic carboxylic acids is 1. The number of aliphatic hydroxyl groups is 1. The van der Waals surface area contributed by atoms with Crippen molar-refractivity contribution in [3.8, 4) is 0 Å². The van der Waals surface area contributed by atoms with Gasteiger partial charge in [0.05, 0.1) is 10.6 Å². The predicted molar refractivity (Wildman–Crippen MR) is 54.1 cm³/mol. The second kappa shape index (κ2) is 4.76. The molecule has 0 saturated heterocycles. The van der Waals surface area contributed by atoms with E-state index in [0.29, 0.717) is 6.08 Å². The number of aliphatic hydroxyl groups excluding tert-OH is 1. The molecule has 6 heteroatoms. The fourth-order valence-corrected chi connectivity index (χ4v) is 1.25. The number of benzene rings is 1. The third-order valence-corrected chi connectivity index (χ3v) is 2.01. The normalized spacial score (nSPS) is 11.2. The maximum Gasteiger partial charge on any atom is 0.371 e. The molecule has 4 nitrogen and oxygen atoms in total. The highest BCUT2D eigenvalue weighted by Gasteiger charge is 2.16. The van der Waals surface area contributed by atoms with Gasteiger partial charge in [-0.25, -0.2) is 9.18 Å². The van der Waals surface area contributed by atoms with Gasteiger partial charge in [-0.1, -0.05) is 17.7 Å². The van der Waals surface area contributed by atoms with Crippen molar-refractivity contribution in [3.05, 3.63) is 46.4 Å². The van der Waals surface area contributed by atoms with Crippen LogP contribution in [0.5, 0.6) is 0 Å². The number of hydrogen-bond acceptors (Lipinski definition) is 3. The van der Waals surface area contributed by atoms with Crippen LogP contribution in [0.3, 0.4) is 0 Å². The van der Waals surface area contributed by atoms with Gasteiger partial charge in [-0.05, 0) is 12.1 Å². The Labute approximate surface area is 94.6 Å². The molecule has 1 aromatic rings. The number of carbonyl (C=O) groups excluding carboxylic acids is 1. The summed E-state index contributed by atoms with van der Waals surface area (Å²) in [5.74, 6) is -4.75. The van der Waals surface area contributed by atoms with Crippen molar-refractivity contribution in [1.29, 1.82) is 0 Å². The standard InChI is InChI=1S/C10H6ClFO4/c11-5-2-1-3-6(12)9(5)7(13)4-8(14)10(15)16/h1-4,14H,(H,15,16)/b8-4-. The fraction of sp³-hybridized carbons (Fsp3) is 0. The van der Waals surface area contributed by atoms with E-state index < -0.39 is 28.9 Å². The maximum atomic E-state index is 13.2. The van der Waals surface area contributed by atoms with Crippen molar-refractivity contribution in [1.82, 2.24) is 0 Å². The highest BCUT2D eigenvalue weighted by atomic mass is 35.5. The minimum atomic E-state index is -1.68. The molecule has 0 unspecified atom stereocenters. The molecule has 16 heavy (non-hydrogen) atoms. The molecule has 0 fully saturated rings. The zero-order valence-electron chi connectivity index (χ0n) is 7.78. The number of rotatable bonds is 3. The number of carboxylic acid groups (broad SMARTS) is 1. The molecule has 0 radical (unpaired) electrons. The first-order valence-electron chi connectivity index (χ1n) is 4.05. The van der Waals surface area contributed by atoms with Crippen LogP contribution < -0.4 is 0 Å². The molecule has 1 rings (SSSR count). The Morgan fingerprint density at radius 1 is 1.31 bits per heavy atom. The maximum absolute atomic E-state index is 13.2. The van der Waals surface area contributed by atoms with E-state index in [1.807, 2.05) is 0 Å². The Bertz CT molecular complexity index is 461. The van der Waals surface area contributed by atoms with Crippen molar-refractivity contribution >= 4 is 23.4 Å². The van der Waals surface area contributed by atoms with Crippen LogP contribution in [0.4, 0.5) is 4.39 Å². The van der Waals surface area contributed by atoms with Crippen molar-refractivity contribution in [2.75, 3.05) is 0 Å². The second-order valence-electron chi connectivity index (χ2n) is 2.80. The summed E-state index contributed by atoms with van der Waals surface area (Å²) in [6, 6.07) is 3.59. The second-order valence-corrected chi connectivity index (χ2v) is 3.20. The lowest BCUT2D eigenvalue weighted by molar-refractivity contribution is -0.135. The molecule has 0 spiro atoms. The van der Waals surface area contributed by atoms with E-state index in [-0.39, 0.29) is 5.02 Å². The van der Waals surface area contributed by atoms with Crippen LogP contribution in [0.25, 0.3) is 0 Å². The Morgan fingerprint density at radius 3 is 2.44 bits per heavy atom. The van der Waals surface area contributed by atoms with E-state index in [9.17, 15) is 14.0 Å². The summed E-state index contributed by atoms with van der Waals surface area (Å²) in [6.45, 7) is 0.